The molecule has 0 fully saturated rings. The monoisotopic (exact) mass is 394 g/mol. The van der Waals surface area contributed by atoms with Gasteiger partial charge in [0.15, 0.2) is 17.5 Å². The maximum absolute atomic E-state index is 13.5. The fourth-order valence-electron chi connectivity index (χ4n) is 1.51. The van der Waals surface area contributed by atoms with Gasteiger partial charge >= 0.3 is 0 Å². The summed E-state index contributed by atoms with van der Waals surface area (Å²) in [6.45, 7) is 0. The summed E-state index contributed by atoms with van der Waals surface area (Å²) in [4.78, 5) is 10.1. The van der Waals surface area contributed by atoms with Crippen LogP contribution in [0.1, 0.15) is 0 Å². The Balaban J connectivity index is 2.34. The zero-order valence-electron chi connectivity index (χ0n) is 9.66. The molecule has 8 heteroatoms. The quantitative estimate of drug-likeness (QED) is 0.364. The Bertz CT molecular complexity index is 695. The molecule has 0 unspecified atom stereocenters. The third-order valence-corrected chi connectivity index (χ3v) is 3.32. The van der Waals surface area contributed by atoms with Crippen molar-refractivity contribution < 1.29 is 18.1 Å². The number of halogens is 4. The minimum atomic E-state index is -1.58. The first-order valence-electron chi connectivity index (χ1n) is 5.24. The molecule has 2 aromatic carbocycles. The Kier molecular flexibility index (Phi) is 4.12. The van der Waals surface area contributed by atoms with Crippen LogP contribution in [0.25, 0.3) is 0 Å². The molecule has 0 aliphatic carbocycles. The van der Waals surface area contributed by atoms with Gasteiger partial charge in [0.1, 0.15) is 0 Å². The fraction of sp³-hybridized carbons (Fsp3) is 0. The molecular formula is C12H6F3IN2O2. The van der Waals surface area contributed by atoms with Crippen molar-refractivity contribution in [3.63, 3.8) is 0 Å². The number of nitro groups is 1. The summed E-state index contributed by atoms with van der Waals surface area (Å²) in [6.07, 6.45) is 0. The lowest BCUT2D eigenvalue weighted by atomic mass is 10.2. The highest BCUT2D eigenvalue weighted by Crippen LogP contribution is 2.28. The third-order valence-electron chi connectivity index (χ3n) is 2.46. The number of hydrogen-bond donors (Lipinski definition) is 1. The molecule has 2 aromatic rings. The Hall–Kier alpha value is -1.84. The van der Waals surface area contributed by atoms with Gasteiger partial charge in [0.05, 0.1) is 14.2 Å². The topological polar surface area (TPSA) is 55.2 Å². The van der Waals surface area contributed by atoms with E-state index in [9.17, 15) is 23.3 Å². The highest BCUT2D eigenvalue weighted by atomic mass is 127. The van der Waals surface area contributed by atoms with Crippen molar-refractivity contribution in [2.75, 3.05) is 5.32 Å². The van der Waals surface area contributed by atoms with Gasteiger partial charge in [-0.05, 0) is 46.9 Å². The van der Waals surface area contributed by atoms with Gasteiger partial charge in [0, 0.05) is 11.8 Å². The van der Waals surface area contributed by atoms with Crippen LogP contribution in [0.5, 0.6) is 0 Å². The molecule has 0 bridgehead atoms. The van der Waals surface area contributed by atoms with E-state index >= 15 is 0 Å². The Morgan fingerprint density at radius 2 is 1.80 bits per heavy atom. The van der Waals surface area contributed by atoms with E-state index in [0.29, 0.717) is 9.26 Å². The van der Waals surface area contributed by atoms with Crippen LogP contribution in [-0.2, 0) is 0 Å². The van der Waals surface area contributed by atoms with Crippen LogP contribution in [0.15, 0.2) is 30.3 Å². The van der Waals surface area contributed by atoms with Crippen LogP contribution in [0.2, 0.25) is 0 Å². The molecule has 20 heavy (non-hydrogen) atoms. The molecule has 0 aliphatic heterocycles. The molecule has 4 nitrogen and oxygen atoms in total. The van der Waals surface area contributed by atoms with Crippen LogP contribution in [0.4, 0.5) is 30.2 Å². The van der Waals surface area contributed by atoms with Crippen LogP contribution in [0, 0.1) is 31.1 Å². The Morgan fingerprint density at radius 3 is 2.40 bits per heavy atom. The molecule has 0 saturated carbocycles. The minimum absolute atomic E-state index is 0.0955. The molecule has 0 amide bonds. The first-order chi connectivity index (χ1) is 9.40. The highest BCUT2D eigenvalue weighted by molar-refractivity contribution is 14.1. The van der Waals surface area contributed by atoms with Crippen molar-refractivity contribution in [2.45, 2.75) is 0 Å². The number of nitrogens with zero attached hydrogens (tertiary/aromatic N) is 1. The van der Waals surface area contributed by atoms with Crippen LogP contribution >= 0.6 is 22.6 Å². The second-order valence-corrected chi connectivity index (χ2v) is 4.93. The molecule has 104 valence electrons. The van der Waals surface area contributed by atoms with Gasteiger partial charge in [0.2, 0.25) is 0 Å². The van der Waals surface area contributed by atoms with Crippen molar-refractivity contribution in [1.82, 2.24) is 0 Å². The van der Waals surface area contributed by atoms with Gasteiger partial charge in [-0.3, -0.25) is 10.1 Å². The molecule has 0 saturated heterocycles. The number of rotatable bonds is 3. The van der Waals surface area contributed by atoms with Crippen LogP contribution in [0.3, 0.4) is 0 Å². The number of benzene rings is 2. The standard InChI is InChI=1S/C12H6F3IN2O2/c13-7-2-3-9(12(15)11(7)14)17-6-1-4-10(18(19)20)8(16)5-6/h1-5,17H. The minimum Gasteiger partial charge on any atom is -0.353 e. The molecule has 0 radical (unpaired) electrons. The van der Waals surface area contributed by atoms with Crippen LogP contribution in [-0.4, -0.2) is 4.92 Å². The number of anilines is 2. The zero-order valence-corrected chi connectivity index (χ0v) is 11.8. The first-order valence-corrected chi connectivity index (χ1v) is 6.32. The third kappa shape index (κ3) is 2.84. The molecular weight excluding hydrogens is 388 g/mol. The predicted octanol–water partition coefficient (Wildman–Crippen LogP) is 4.36. The van der Waals surface area contributed by atoms with Crippen molar-refractivity contribution in [3.05, 3.63) is 61.5 Å². The summed E-state index contributed by atoms with van der Waals surface area (Å²) in [7, 11) is 0. The SMILES string of the molecule is O=[N+]([O-])c1ccc(Nc2ccc(F)c(F)c2F)cc1I. The van der Waals surface area contributed by atoms with E-state index in [0.717, 1.165) is 12.1 Å². The van der Waals surface area contributed by atoms with E-state index in [-0.39, 0.29) is 11.4 Å². The second kappa shape index (κ2) is 5.65. The highest BCUT2D eigenvalue weighted by Gasteiger charge is 2.15. The molecule has 0 heterocycles. The average molecular weight is 394 g/mol. The molecule has 0 atom stereocenters. The molecule has 2 rings (SSSR count). The lowest BCUT2D eigenvalue weighted by Crippen LogP contribution is -1.99. The number of hydrogen-bond acceptors (Lipinski definition) is 3. The summed E-state index contributed by atoms with van der Waals surface area (Å²) in [5, 5.41) is 13.2. The fourth-order valence-corrected chi connectivity index (χ4v) is 2.22. The molecule has 0 spiro atoms. The largest absolute Gasteiger partial charge is 0.353 e. The normalized spacial score (nSPS) is 10.4. The van der Waals surface area contributed by atoms with Crippen molar-refractivity contribution >= 4 is 39.7 Å². The van der Waals surface area contributed by atoms with E-state index in [1.165, 1.54) is 18.2 Å². The van der Waals surface area contributed by atoms with Gasteiger partial charge in [-0.15, -0.1) is 0 Å². The first kappa shape index (κ1) is 14.6. The maximum Gasteiger partial charge on any atom is 0.282 e. The van der Waals surface area contributed by atoms with Gasteiger partial charge in [0.25, 0.3) is 5.69 Å². The van der Waals surface area contributed by atoms with Gasteiger partial charge in [-0.2, -0.15) is 0 Å². The summed E-state index contributed by atoms with van der Waals surface area (Å²) in [5.41, 5.74) is -0.0274. The summed E-state index contributed by atoms with van der Waals surface area (Å²) in [5.74, 6) is -4.21. The van der Waals surface area contributed by atoms with E-state index in [2.05, 4.69) is 5.32 Å². The van der Waals surface area contributed by atoms with Gasteiger partial charge in [-0.25, -0.2) is 13.2 Å². The van der Waals surface area contributed by atoms with E-state index in [4.69, 9.17) is 0 Å². The Morgan fingerprint density at radius 1 is 1.10 bits per heavy atom. The number of nitro benzene ring substituents is 1. The van der Waals surface area contributed by atoms with E-state index < -0.39 is 22.4 Å². The van der Waals surface area contributed by atoms with Gasteiger partial charge in [-0.1, -0.05) is 0 Å². The number of nitrogens with one attached hydrogen (secondary N) is 1. The van der Waals surface area contributed by atoms with Crippen molar-refractivity contribution in [2.24, 2.45) is 0 Å². The van der Waals surface area contributed by atoms with Crippen molar-refractivity contribution in [1.29, 1.82) is 0 Å². The lowest BCUT2D eigenvalue weighted by Gasteiger charge is -2.09. The Labute approximate surface area is 124 Å². The van der Waals surface area contributed by atoms with E-state index in [1.54, 1.807) is 22.6 Å². The predicted molar refractivity (Wildman–Crippen MR) is 75.4 cm³/mol. The van der Waals surface area contributed by atoms with Crippen molar-refractivity contribution in [3.8, 4) is 0 Å². The smallest absolute Gasteiger partial charge is 0.282 e. The molecule has 1 N–H and O–H groups in total. The lowest BCUT2D eigenvalue weighted by molar-refractivity contribution is -0.385. The summed E-state index contributed by atoms with van der Waals surface area (Å²) >= 11 is 1.76. The average Bonchev–Trinajstić information content (AvgIpc) is 2.39. The van der Waals surface area contributed by atoms with Gasteiger partial charge < -0.3 is 5.32 Å². The van der Waals surface area contributed by atoms with E-state index in [1.807, 2.05) is 0 Å². The molecule has 0 aliphatic rings. The maximum atomic E-state index is 13.5. The molecule has 0 aromatic heterocycles. The summed E-state index contributed by atoms with van der Waals surface area (Å²) in [6, 6.07) is 5.82. The second-order valence-electron chi connectivity index (χ2n) is 3.77. The van der Waals surface area contributed by atoms with Crippen LogP contribution < -0.4 is 5.32 Å². The zero-order chi connectivity index (χ0) is 14.9. The summed E-state index contributed by atoms with van der Waals surface area (Å²) < 4.78 is 39.7.